The summed E-state index contributed by atoms with van der Waals surface area (Å²) in [6.45, 7) is 4.65. The second-order valence-corrected chi connectivity index (χ2v) is 7.52. The zero-order valence-electron chi connectivity index (χ0n) is 18.5. The van der Waals surface area contributed by atoms with Crippen LogP contribution in [0.1, 0.15) is 25.2 Å². The highest BCUT2D eigenvalue weighted by Crippen LogP contribution is 2.14. The number of alkyl carbamates (subject to hydrolysis) is 1. The number of amides is 3. The van der Waals surface area contributed by atoms with Gasteiger partial charge in [-0.05, 0) is 5.92 Å². The van der Waals surface area contributed by atoms with Gasteiger partial charge in [-0.2, -0.15) is 0 Å². The molecule has 32 heavy (non-hydrogen) atoms. The largest absolute Gasteiger partial charge is 0.447 e. The third-order valence-electron chi connectivity index (χ3n) is 4.76. The van der Waals surface area contributed by atoms with Crippen LogP contribution in [0.15, 0.2) is 10.7 Å². The minimum atomic E-state index is -1.13. The van der Waals surface area contributed by atoms with Gasteiger partial charge in [-0.15, -0.1) is 0 Å². The number of hydrogen-bond donors (Lipinski definition) is 3. The van der Waals surface area contributed by atoms with Crippen molar-refractivity contribution in [3.63, 3.8) is 0 Å². The fourth-order valence-electron chi connectivity index (χ4n) is 3.02. The van der Waals surface area contributed by atoms with Gasteiger partial charge >= 0.3 is 6.09 Å². The van der Waals surface area contributed by atoms with Gasteiger partial charge in [-0.3, -0.25) is 14.4 Å². The minimum absolute atomic E-state index is 0.000466. The zero-order chi connectivity index (χ0) is 23.5. The molecule has 0 radical (unpaired) electrons. The number of hydrogen-bond acceptors (Lipinski definition) is 9. The summed E-state index contributed by atoms with van der Waals surface area (Å²) in [7, 11) is 1.55. The number of aromatic nitrogens is 1. The van der Waals surface area contributed by atoms with Gasteiger partial charge in [0, 0.05) is 32.1 Å². The average Bonchev–Trinajstić information content (AvgIpc) is 3.20. The molecular formula is C20H30N4O8. The van der Waals surface area contributed by atoms with Crippen LogP contribution in [0.2, 0.25) is 0 Å². The van der Waals surface area contributed by atoms with Crippen molar-refractivity contribution in [1.29, 1.82) is 0 Å². The number of ketones is 1. The molecule has 3 amide bonds. The van der Waals surface area contributed by atoms with E-state index < -0.39 is 35.8 Å². The Balaban J connectivity index is 1.97. The third-order valence-corrected chi connectivity index (χ3v) is 4.76. The van der Waals surface area contributed by atoms with Crippen LogP contribution in [-0.4, -0.2) is 81.0 Å². The van der Waals surface area contributed by atoms with Gasteiger partial charge < -0.3 is 34.7 Å². The molecule has 0 fully saturated rings. The van der Waals surface area contributed by atoms with E-state index in [2.05, 4.69) is 21.1 Å². The maximum Gasteiger partial charge on any atom is 0.407 e. The van der Waals surface area contributed by atoms with Crippen LogP contribution in [0, 0.1) is 5.92 Å². The molecule has 12 nitrogen and oxygen atoms in total. The molecule has 178 valence electrons. The van der Waals surface area contributed by atoms with E-state index in [0.29, 0.717) is 31.0 Å². The third kappa shape index (κ3) is 7.61. The summed E-state index contributed by atoms with van der Waals surface area (Å²) in [6, 6.07) is -2.12. The topological polar surface area (TPSA) is 158 Å². The number of Topliss-reactive ketones (excluding diaryl/α,β-unsaturated/α-hetero) is 1. The van der Waals surface area contributed by atoms with Crippen LogP contribution in [0.5, 0.6) is 0 Å². The van der Waals surface area contributed by atoms with E-state index in [1.807, 2.05) is 0 Å². The number of carbonyl (C=O) groups excluding carboxylic acids is 4. The normalized spacial score (nSPS) is 17.4. The Kier molecular flexibility index (Phi) is 10.1. The Labute approximate surface area is 185 Å². The smallest absolute Gasteiger partial charge is 0.407 e. The standard InChI is InChI=1S/C20H30N4O8/c1-12(2)16(24-20(28)31-9-8-30-7-6-29-3)18(26)23-14-10-13-11-22-32-15(13)4-5-21-19(27)17(14)25/h11-12,14,16H,4-10H2,1-3H3,(H,21,27)(H,23,26)(H,24,28). The number of carbonyl (C=O) groups is 4. The van der Waals surface area contributed by atoms with Crippen molar-refractivity contribution in [2.45, 2.75) is 38.8 Å². The number of nitrogens with zero attached hydrogens (tertiary/aromatic N) is 1. The SMILES string of the molecule is COCCOCCOC(=O)NC(C(=O)NC1Cc2cnoc2CCNC(=O)C1=O)C(C)C. The molecule has 2 atom stereocenters. The number of methoxy groups -OCH3 is 1. The Morgan fingerprint density at radius 2 is 2.00 bits per heavy atom. The van der Waals surface area contributed by atoms with Gasteiger partial charge in [0.2, 0.25) is 11.7 Å². The molecule has 0 spiro atoms. The van der Waals surface area contributed by atoms with E-state index >= 15 is 0 Å². The van der Waals surface area contributed by atoms with E-state index in [-0.39, 0.29) is 32.1 Å². The lowest BCUT2D eigenvalue weighted by molar-refractivity contribution is -0.140. The Morgan fingerprint density at radius 1 is 1.25 bits per heavy atom. The van der Waals surface area contributed by atoms with Crippen LogP contribution in [0.3, 0.4) is 0 Å². The predicted octanol–water partition coefficient (Wildman–Crippen LogP) is -0.643. The van der Waals surface area contributed by atoms with Gasteiger partial charge in [0.15, 0.2) is 0 Å². The summed E-state index contributed by atoms with van der Waals surface area (Å²) >= 11 is 0. The number of nitrogens with one attached hydrogen (secondary N) is 3. The minimum Gasteiger partial charge on any atom is -0.447 e. The molecule has 0 aromatic carbocycles. The van der Waals surface area contributed by atoms with Crippen molar-refractivity contribution < 1.29 is 37.9 Å². The number of fused-ring (bicyclic) bond motifs is 1. The first-order valence-electron chi connectivity index (χ1n) is 10.4. The molecule has 2 heterocycles. The van der Waals surface area contributed by atoms with Crippen molar-refractivity contribution >= 4 is 23.7 Å². The summed E-state index contributed by atoms with van der Waals surface area (Å²) in [5, 5.41) is 11.3. The molecule has 0 aliphatic carbocycles. The van der Waals surface area contributed by atoms with Crippen molar-refractivity contribution in [2.75, 3.05) is 40.1 Å². The fourth-order valence-corrected chi connectivity index (χ4v) is 3.02. The molecule has 1 aromatic rings. The van der Waals surface area contributed by atoms with Crippen molar-refractivity contribution in [2.24, 2.45) is 5.92 Å². The van der Waals surface area contributed by atoms with Crippen molar-refractivity contribution in [3.8, 4) is 0 Å². The first-order chi connectivity index (χ1) is 15.3. The lowest BCUT2D eigenvalue weighted by Gasteiger charge is -2.24. The molecule has 2 unspecified atom stereocenters. The second kappa shape index (κ2) is 12.8. The molecule has 0 saturated carbocycles. The molecule has 0 saturated heterocycles. The van der Waals surface area contributed by atoms with Crippen molar-refractivity contribution in [3.05, 3.63) is 17.5 Å². The second-order valence-electron chi connectivity index (χ2n) is 7.52. The summed E-state index contributed by atoms with van der Waals surface area (Å²) in [5.41, 5.74) is 0.627. The van der Waals surface area contributed by atoms with Gasteiger partial charge in [0.25, 0.3) is 5.91 Å². The number of rotatable bonds is 10. The predicted molar refractivity (Wildman–Crippen MR) is 110 cm³/mol. The van der Waals surface area contributed by atoms with E-state index in [1.165, 1.54) is 6.20 Å². The molecular weight excluding hydrogens is 424 g/mol. The molecule has 1 aromatic heterocycles. The van der Waals surface area contributed by atoms with Crippen LogP contribution in [0.25, 0.3) is 0 Å². The fraction of sp³-hybridized carbons (Fsp3) is 0.650. The monoisotopic (exact) mass is 454 g/mol. The quantitative estimate of drug-likeness (QED) is 0.309. The van der Waals surface area contributed by atoms with Gasteiger partial charge in [0.05, 0.1) is 26.0 Å². The Bertz CT molecular complexity index is 794. The maximum absolute atomic E-state index is 12.9. The highest BCUT2D eigenvalue weighted by Gasteiger charge is 2.33. The summed E-state index contributed by atoms with van der Waals surface area (Å²) in [6.07, 6.45) is 1.09. The summed E-state index contributed by atoms with van der Waals surface area (Å²) < 4.78 is 20.2. The lowest BCUT2D eigenvalue weighted by atomic mass is 9.99. The lowest BCUT2D eigenvalue weighted by Crippen LogP contribution is -2.56. The summed E-state index contributed by atoms with van der Waals surface area (Å²) in [4.78, 5) is 49.6. The molecule has 1 aliphatic heterocycles. The first-order valence-corrected chi connectivity index (χ1v) is 10.4. The Morgan fingerprint density at radius 3 is 2.72 bits per heavy atom. The molecule has 12 heteroatoms. The zero-order valence-corrected chi connectivity index (χ0v) is 18.5. The maximum atomic E-state index is 12.9. The van der Waals surface area contributed by atoms with E-state index in [4.69, 9.17) is 18.7 Å². The molecule has 2 rings (SSSR count). The molecule has 0 bridgehead atoms. The van der Waals surface area contributed by atoms with Crippen LogP contribution >= 0.6 is 0 Å². The highest BCUT2D eigenvalue weighted by molar-refractivity contribution is 6.38. The van der Waals surface area contributed by atoms with E-state index in [1.54, 1.807) is 21.0 Å². The van der Waals surface area contributed by atoms with Crippen molar-refractivity contribution in [1.82, 2.24) is 21.1 Å². The van der Waals surface area contributed by atoms with Gasteiger partial charge in [0.1, 0.15) is 24.5 Å². The van der Waals surface area contributed by atoms with Gasteiger partial charge in [-0.1, -0.05) is 19.0 Å². The summed E-state index contributed by atoms with van der Waals surface area (Å²) in [5.74, 6) is -1.97. The highest BCUT2D eigenvalue weighted by atomic mass is 16.6. The number of ether oxygens (including phenoxy) is 3. The van der Waals surface area contributed by atoms with Gasteiger partial charge in [-0.25, -0.2) is 4.79 Å². The van der Waals surface area contributed by atoms with Crippen LogP contribution in [-0.2, 0) is 41.4 Å². The first kappa shape index (κ1) is 25.3. The average molecular weight is 454 g/mol. The van der Waals surface area contributed by atoms with E-state index in [0.717, 1.165) is 0 Å². The molecule has 1 aliphatic rings. The molecule has 3 N–H and O–H groups in total. The van der Waals surface area contributed by atoms with Crippen LogP contribution < -0.4 is 16.0 Å². The van der Waals surface area contributed by atoms with E-state index in [9.17, 15) is 19.2 Å². The Hall–Kier alpha value is -2.99. The van der Waals surface area contributed by atoms with Crippen LogP contribution in [0.4, 0.5) is 4.79 Å².